The second kappa shape index (κ2) is 42.9. The number of carbonyl (C=O) groups is 8. The second-order valence-corrected chi connectivity index (χ2v) is 27.6. The van der Waals surface area contributed by atoms with Crippen LogP contribution < -0.4 is 56.2 Å². The number of ether oxygens (including phenoxy) is 4. The molecule has 8 aromatic carbocycles. The highest BCUT2D eigenvalue weighted by Crippen LogP contribution is 2.37. The number of carbonyl (C=O) groups excluding carboxylic acids is 8. The number of H-pyrrole nitrogens is 4. The van der Waals surface area contributed by atoms with Crippen molar-refractivity contribution in [1.29, 1.82) is 0 Å². The SMILES string of the molecule is CNC(=O)CCCNC(=O)c1ccc2n[nH]c(/C=C/c3ccc(F)cc3)c2c1OC.CNC(=O)[C@H](C)NC(=O)c1ccc2n[nH]c(/C=C/c3ccc(F)cc3)c2c1OC.COc1c(C(=O)NC2CCCCNC2=O)ccc2n[nH]c(/C=C/c3ccc(F)cc3)c12.COc1c(C(=O)NCCCC(=O)N(C)C)ccc2n[nH]c(/C=C/c3ccc(F)cc3)c12. The highest BCUT2D eigenvalue weighted by molar-refractivity contribution is 6.10. The Morgan fingerprint density at radius 1 is 0.446 bits per heavy atom. The van der Waals surface area contributed by atoms with Crippen molar-refractivity contribution in [2.45, 2.75) is 64.0 Å². The number of aromatic nitrogens is 8. The topological polar surface area (TPSA) is 376 Å². The lowest BCUT2D eigenvalue weighted by Crippen LogP contribution is -2.45. The lowest BCUT2D eigenvalue weighted by Gasteiger charge is -2.16. The van der Waals surface area contributed by atoms with Crippen LogP contribution in [0.3, 0.4) is 0 Å². The average molecular weight is 1650 g/mol. The van der Waals surface area contributed by atoms with Gasteiger partial charge in [0.25, 0.3) is 23.6 Å². The summed E-state index contributed by atoms with van der Waals surface area (Å²) in [5.41, 5.74) is 9.83. The number of nitrogens with one attached hydrogen (secondary N) is 11. The third-order valence-corrected chi connectivity index (χ3v) is 19.2. The second-order valence-electron chi connectivity index (χ2n) is 27.6. The van der Waals surface area contributed by atoms with Crippen LogP contribution in [0, 0.1) is 23.3 Å². The van der Waals surface area contributed by atoms with Crippen molar-refractivity contribution < 1.29 is 74.9 Å². The summed E-state index contributed by atoms with van der Waals surface area (Å²) in [5, 5.41) is 50.4. The third kappa shape index (κ3) is 23.4. The highest BCUT2D eigenvalue weighted by atomic mass is 19.1. The van der Waals surface area contributed by atoms with Crippen LogP contribution in [0.4, 0.5) is 17.6 Å². The molecule has 8 amide bonds. The van der Waals surface area contributed by atoms with Gasteiger partial charge in [-0.25, -0.2) is 17.6 Å². The molecule has 1 unspecified atom stereocenters. The van der Waals surface area contributed by atoms with Crippen molar-refractivity contribution in [3.63, 3.8) is 0 Å². The normalized spacial score (nSPS) is 12.8. The van der Waals surface area contributed by atoms with Gasteiger partial charge in [0.2, 0.25) is 23.6 Å². The molecule has 5 heterocycles. The molecule has 1 saturated heterocycles. The summed E-state index contributed by atoms with van der Waals surface area (Å²) in [6, 6.07) is 36.6. The standard InChI is InChI=1S/C23H23FN4O3.C23H25FN4O3.C22H23FN4O3.C21H21FN4O3/c1-31-21-16(22(29)26-19-4-2-3-13-25-23(19)30)10-12-18-20(21)17(27-28-18)11-7-14-5-8-15(24)9-6-14;1-28(2)20(29)5-4-14-25-23(30)17-11-13-19-21(22(17)31-3)18(26-27-19)12-8-15-6-9-16(24)10-7-15;1-24-19(28)4-3-13-25-22(29)16-10-12-18-20(21(16)30-2)17(26-27-18)11-7-14-5-8-15(23)9-6-14;1-12(20(27)23-2)24-21(28)15-9-11-17-18(19(15)29-3)16(25-26-17)10-6-13-4-7-14(22)8-5-13/h5-12,19H,2-4,13H2,1H3,(H,25,30)(H,26,29)(H,27,28);6-13H,4-5,14H2,1-3H3,(H,25,30)(H,26,27);5-12H,3-4,13H2,1-2H3,(H,24,28)(H,25,29)(H,26,27);4-12H,1-3H3,(H,23,27)(H,24,28)(H,25,26)/b11-7+;12-8+;11-7+;10-6+/t;;;12-/m...0/s1. The molecule has 4 aromatic heterocycles. The van der Waals surface area contributed by atoms with Gasteiger partial charge >= 0.3 is 0 Å². The molecular formula is C89H92F4N16O12. The smallest absolute Gasteiger partial charge is 0.255 e. The Morgan fingerprint density at radius 2 is 0.777 bits per heavy atom. The average Bonchev–Trinajstić information content (AvgIpc) is 1.68. The number of hydrogen-bond acceptors (Lipinski definition) is 16. The van der Waals surface area contributed by atoms with E-state index in [0.717, 1.165) is 35.1 Å². The molecule has 1 aliphatic heterocycles. The van der Waals surface area contributed by atoms with E-state index in [4.69, 9.17) is 18.9 Å². The van der Waals surface area contributed by atoms with E-state index in [9.17, 15) is 55.9 Å². The van der Waals surface area contributed by atoms with E-state index in [2.05, 4.69) is 78.0 Å². The molecule has 1 aliphatic rings. The van der Waals surface area contributed by atoms with Gasteiger partial charge < -0.3 is 61.1 Å². The summed E-state index contributed by atoms with van der Waals surface area (Å²) < 4.78 is 74.6. The summed E-state index contributed by atoms with van der Waals surface area (Å²) in [4.78, 5) is 99.4. The van der Waals surface area contributed by atoms with Crippen LogP contribution in [0.5, 0.6) is 23.0 Å². The maximum atomic E-state index is 13.1. The quantitative estimate of drug-likeness (QED) is 0.0168. The minimum absolute atomic E-state index is 0.0178. The number of halogens is 4. The van der Waals surface area contributed by atoms with Gasteiger partial charge in [-0.3, -0.25) is 58.8 Å². The Kier molecular flexibility index (Phi) is 31.5. The van der Waals surface area contributed by atoms with Crippen molar-refractivity contribution in [2.75, 3.05) is 76.3 Å². The Balaban J connectivity index is 0.000000169. The lowest BCUT2D eigenvalue weighted by atomic mass is 10.1. The van der Waals surface area contributed by atoms with Gasteiger partial charge in [0.1, 0.15) is 58.4 Å². The van der Waals surface area contributed by atoms with Crippen molar-refractivity contribution in [3.8, 4) is 23.0 Å². The minimum Gasteiger partial charge on any atom is -0.495 e. The number of fused-ring (bicyclic) bond motifs is 4. The van der Waals surface area contributed by atoms with E-state index >= 15 is 0 Å². The molecule has 628 valence electrons. The van der Waals surface area contributed by atoms with Gasteiger partial charge in [0.15, 0.2) is 0 Å². The summed E-state index contributed by atoms with van der Waals surface area (Å²) in [6.07, 6.45) is 18.6. The summed E-state index contributed by atoms with van der Waals surface area (Å²) in [6.45, 7) is 2.97. The van der Waals surface area contributed by atoms with Crippen LogP contribution in [-0.4, -0.2) is 181 Å². The van der Waals surface area contributed by atoms with E-state index in [0.29, 0.717) is 158 Å². The molecule has 28 nitrogen and oxygen atoms in total. The largest absolute Gasteiger partial charge is 0.495 e. The molecule has 32 heteroatoms. The number of aromatic amines is 4. The van der Waals surface area contributed by atoms with Gasteiger partial charge in [0, 0.05) is 60.7 Å². The minimum atomic E-state index is -0.699. The number of hydrogen-bond donors (Lipinski definition) is 11. The zero-order valence-corrected chi connectivity index (χ0v) is 67.8. The Bertz CT molecular complexity index is 5800. The number of likely N-dealkylation sites (N-methyl/N-ethyl adjacent to an activating group) is 1. The fourth-order valence-corrected chi connectivity index (χ4v) is 12.8. The first-order valence-electron chi connectivity index (χ1n) is 38.5. The number of methoxy groups -OCH3 is 4. The van der Waals surface area contributed by atoms with E-state index in [-0.39, 0.29) is 70.2 Å². The van der Waals surface area contributed by atoms with Crippen LogP contribution in [-0.2, 0) is 19.2 Å². The number of rotatable bonds is 27. The first kappa shape index (κ1) is 88.6. The monoisotopic (exact) mass is 1650 g/mol. The number of nitrogens with zero attached hydrogens (tertiary/aromatic N) is 5. The molecule has 0 spiro atoms. The molecule has 11 N–H and O–H groups in total. The third-order valence-electron chi connectivity index (χ3n) is 19.2. The first-order valence-corrected chi connectivity index (χ1v) is 38.5. The molecule has 1 fully saturated rings. The number of amides is 8. The van der Waals surface area contributed by atoms with Crippen molar-refractivity contribution in [2.24, 2.45) is 0 Å². The molecule has 0 bridgehead atoms. The highest BCUT2D eigenvalue weighted by Gasteiger charge is 2.28. The molecule has 2 atom stereocenters. The zero-order chi connectivity index (χ0) is 86.7. The predicted octanol–water partition coefficient (Wildman–Crippen LogP) is 12.6. The Hall–Kier alpha value is -14.7. The Morgan fingerprint density at radius 3 is 1.10 bits per heavy atom. The molecular weight excluding hydrogens is 1560 g/mol. The molecule has 0 aliphatic carbocycles. The van der Waals surface area contributed by atoms with Crippen LogP contribution >= 0.6 is 0 Å². The van der Waals surface area contributed by atoms with Gasteiger partial charge in [-0.05, 0) is 183 Å². The summed E-state index contributed by atoms with van der Waals surface area (Å²) in [5.74, 6) is -1.59. The first-order chi connectivity index (χ1) is 58.4. The van der Waals surface area contributed by atoms with E-state index in [1.165, 1.54) is 88.9 Å². The fourth-order valence-electron chi connectivity index (χ4n) is 12.8. The molecule has 12 aromatic rings. The molecule has 121 heavy (non-hydrogen) atoms. The molecule has 13 rings (SSSR count). The van der Waals surface area contributed by atoms with Crippen molar-refractivity contribution in [1.82, 2.24) is 82.9 Å². The van der Waals surface area contributed by atoms with Crippen molar-refractivity contribution in [3.05, 3.63) is 236 Å². The van der Waals surface area contributed by atoms with Crippen LogP contribution in [0.15, 0.2) is 146 Å². The van der Waals surface area contributed by atoms with Gasteiger partial charge in [0.05, 0.1) is 117 Å². The van der Waals surface area contributed by atoms with E-state index < -0.39 is 18.0 Å². The van der Waals surface area contributed by atoms with Gasteiger partial charge in [-0.1, -0.05) is 72.8 Å². The van der Waals surface area contributed by atoms with Crippen molar-refractivity contribution >= 4 is 139 Å². The van der Waals surface area contributed by atoms with E-state index in [1.54, 1.807) is 156 Å². The predicted molar refractivity (Wildman–Crippen MR) is 457 cm³/mol. The van der Waals surface area contributed by atoms with Crippen LogP contribution in [0.25, 0.3) is 92.2 Å². The maximum absolute atomic E-state index is 13.1. The molecule has 0 radical (unpaired) electrons. The van der Waals surface area contributed by atoms with Gasteiger partial charge in [-0.2, -0.15) is 20.4 Å². The maximum Gasteiger partial charge on any atom is 0.255 e. The van der Waals surface area contributed by atoms with Crippen LogP contribution in [0.1, 0.15) is 138 Å². The van der Waals surface area contributed by atoms with Gasteiger partial charge in [-0.15, -0.1) is 0 Å². The van der Waals surface area contributed by atoms with E-state index in [1.807, 2.05) is 18.2 Å². The van der Waals surface area contributed by atoms with Crippen LogP contribution in [0.2, 0.25) is 0 Å². The summed E-state index contributed by atoms with van der Waals surface area (Å²) >= 11 is 0. The lowest BCUT2D eigenvalue weighted by molar-refractivity contribution is -0.128. The summed E-state index contributed by atoms with van der Waals surface area (Å²) in [7, 11) is 12.4. The molecule has 0 saturated carbocycles. The Labute approximate surface area is 693 Å². The fraction of sp³-hybridized carbons (Fsp3) is 0.236. The zero-order valence-electron chi connectivity index (χ0n) is 67.8. The number of benzene rings is 8.